The summed E-state index contributed by atoms with van der Waals surface area (Å²) in [4.78, 5) is 24.8. The van der Waals surface area contributed by atoms with Gasteiger partial charge in [0.1, 0.15) is 13.2 Å². The van der Waals surface area contributed by atoms with Crippen molar-refractivity contribution in [3.05, 3.63) is 0 Å². The molecule has 28 heavy (non-hydrogen) atoms. The second kappa shape index (κ2) is 10.6. The number of hydrogen-bond donors (Lipinski definition) is 1. The number of carbonyl (C=O) groups excluding carboxylic acids is 2. The molecule has 1 heterocycles. The molecule has 0 aromatic carbocycles. The normalized spacial score (nSPS) is 30.2. The van der Waals surface area contributed by atoms with E-state index in [0.29, 0.717) is 25.9 Å². The van der Waals surface area contributed by atoms with Crippen LogP contribution in [-0.4, -0.2) is 62.3 Å². The smallest absolute Gasteiger partial charge is 0.309 e. The summed E-state index contributed by atoms with van der Waals surface area (Å²) >= 11 is 0. The molecule has 0 aromatic rings. The molecule has 2 rings (SSSR count). The van der Waals surface area contributed by atoms with Crippen molar-refractivity contribution in [1.29, 1.82) is 0 Å². The van der Waals surface area contributed by atoms with Gasteiger partial charge in [-0.25, -0.2) is 0 Å². The maximum atomic E-state index is 12.5. The van der Waals surface area contributed by atoms with E-state index in [-0.39, 0.29) is 49.2 Å². The molecule has 1 aliphatic heterocycles. The van der Waals surface area contributed by atoms with Gasteiger partial charge in [0.25, 0.3) is 0 Å². The molecule has 1 saturated heterocycles. The van der Waals surface area contributed by atoms with Crippen molar-refractivity contribution in [2.24, 2.45) is 17.3 Å². The molecule has 2 fully saturated rings. The van der Waals surface area contributed by atoms with Gasteiger partial charge < -0.3 is 24.1 Å². The standard InChI is InChI=1S/C21H36O7/c1-5-15(10-18-14(2)28-18)19(23)26-12-21(3,11-25-4)13-27-20(24)16-7-6-8-17(22)9-16/h14-18,22H,5-13H2,1-4H3/t14?,15?,16?,17-,18?,21?/m1/s1. The van der Waals surface area contributed by atoms with E-state index in [1.54, 1.807) is 7.11 Å². The summed E-state index contributed by atoms with van der Waals surface area (Å²) < 4.78 is 21.8. The molecule has 1 aliphatic carbocycles. The van der Waals surface area contributed by atoms with Crippen LogP contribution >= 0.6 is 0 Å². The number of ether oxygens (including phenoxy) is 4. The van der Waals surface area contributed by atoms with Crippen LogP contribution in [0, 0.1) is 17.3 Å². The fourth-order valence-corrected chi connectivity index (χ4v) is 3.77. The third-order valence-corrected chi connectivity index (χ3v) is 5.78. The highest BCUT2D eigenvalue weighted by Gasteiger charge is 2.39. The number of carbonyl (C=O) groups is 2. The van der Waals surface area contributed by atoms with E-state index in [4.69, 9.17) is 18.9 Å². The Morgan fingerprint density at radius 3 is 2.46 bits per heavy atom. The zero-order chi connectivity index (χ0) is 20.7. The Kier molecular flexibility index (Phi) is 8.71. The molecule has 0 radical (unpaired) electrons. The van der Waals surface area contributed by atoms with Gasteiger partial charge in [-0.1, -0.05) is 20.3 Å². The summed E-state index contributed by atoms with van der Waals surface area (Å²) in [6.07, 6.45) is 4.08. The Bertz CT molecular complexity index is 523. The van der Waals surface area contributed by atoms with Crippen molar-refractivity contribution in [2.45, 2.75) is 77.6 Å². The molecular weight excluding hydrogens is 364 g/mol. The Balaban J connectivity index is 1.82. The van der Waals surface area contributed by atoms with Crippen LogP contribution in [0.1, 0.15) is 59.3 Å². The highest BCUT2D eigenvalue weighted by molar-refractivity contribution is 5.73. The topological polar surface area (TPSA) is 94.6 Å². The second-order valence-corrected chi connectivity index (χ2v) is 8.70. The number of methoxy groups -OCH3 is 1. The van der Waals surface area contributed by atoms with E-state index in [9.17, 15) is 14.7 Å². The Labute approximate surface area is 168 Å². The third kappa shape index (κ3) is 7.01. The first-order valence-corrected chi connectivity index (χ1v) is 10.4. The van der Waals surface area contributed by atoms with Gasteiger partial charge in [-0.2, -0.15) is 0 Å². The van der Waals surface area contributed by atoms with Crippen molar-refractivity contribution in [3.63, 3.8) is 0 Å². The van der Waals surface area contributed by atoms with Gasteiger partial charge in [0.2, 0.25) is 0 Å². The van der Waals surface area contributed by atoms with E-state index in [1.165, 1.54) is 0 Å². The molecule has 2 aliphatic rings. The minimum atomic E-state index is -0.616. The molecule has 0 spiro atoms. The first-order chi connectivity index (χ1) is 13.3. The highest BCUT2D eigenvalue weighted by atomic mass is 16.6. The molecule has 7 nitrogen and oxygen atoms in total. The van der Waals surface area contributed by atoms with Crippen LogP contribution in [-0.2, 0) is 28.5 Å². The molecule has 1 N–H and O–H groups in total. The molecular formula is C21H36O7. The number of aliphatic hydroxyl groups excluding tert-OH is 1. The molecule has 5 unspecified atom stereocenters. The minimum absolute atomic E-state index is 0.110. The van der Waals surface area contributed by atoms with Crippen LogP contribution in [0.15, 0.2) is 0 Å². The van der Waals surface area contributed by atoms with Crippen LogP contribution in [0.2, 0.25) is 0 Å². The van der Waals surface area contributed by atoms with Crippen molar-refractivity contribution >= 4 is 11.9 Å². The highest BCUT2D eigenvalue weighted by Crippen LogP contribution is 2.30. The van der Waals surface area contributed by atoms with Crippen LogP contribution < -0.4 is 0 Å². The van der Waals surface area contributed by atoms with Crippen molar-refractivity contribution in [1.82, 2.24) is 0 Å². The van der Waals surface area contributed by atoms with Crippen LogP contribution in [0.4, 0.5) is 0 Å². The Morgan fingerprint density at radius 2 is 1.89 bits per heavy atom. The predicted molar refractivity (Wildman–Crippen MR) is 103 cm³/mol. The van der Waals surface area contributed by atoms with Gasteiger partial charge in [-0.05, 0) is 39.0 Å². The Morgan fingerprint density at radius 1 is 1.21 bits per heavy atom. The molecule has 1 saturated carbocycles. The van der Waals surface area contributed by atoms with E-state index >= 15 is 0 Å². The number of epoxide rings is 1. The molecule has 7 heteroatoms. The van der Waals surface area contributed by atoms with Crippen LogP contribution in [0.5, 0.6) is 0 Å². The lowest BCUT2D eigenvalue weighted by Crippen LogP contribution is -2.38. The lowest BCUT2D eigenvalue weighted by molar-refractivity contribution is -0.162. The van der Waals surface area contributed by atoms with Gasteiger partial charge in [0.15, 0.2) is 0 Å². The van der Waals surface area contributed by atoms with E-state index < -0.39 is 11.5 Å². The SMILES string of the molecule is CCC(CC1OC1C)C(=O)OCC(C)(COC)COC(=O)C1CCC[C@@H](O)C1. The number of esters is 2. The number of rotatable bonds is 11. The quantitative estimate of drug-likeness (QED) is 0.420. The average Bonchev–Trinajstić information content (AvgIpc) is 3.37. The predicted octanol–water partition coefficient (Wildman–Crippen LogP) is 2.48. The molecule has 0 amide bonds. The van der Waals surface area contributed by atoms with Crippen molar-refractivity contribution in [2.75, 3.05) is 26.9 Å². The second-order valence-electron chi connectivity index (χ2n) is 8.70. The first kappa shape index (κ1) is 23.1. The van der Waals surface area contributed by atoms with Crippen LogP contribution in [0.25, 0.3) is 0 Å². The molecule has 0 bridgehead atoms. The third-order valence-electron chi connectivity index (χ3n) is 5.78. The maximum absolute atomic E-state index is 12.5. The molecule has 0 aromatic heterocycles. The fourth-order valence-electron chi connectivity index (χ4n) is 3.77. The summed E-state index contributed by atoms with van der Waals surface area (Å²) in [5.41, 5.74) is -0.616. The van der Waals surface area contributed by atoms with Gasteiger partial charge in [0.05, 0.1) is 42.2 Å². The monoisotopic (exact) mass is 400 g/mol. The lowest BCUT2D eigenvalue weighted by atomic mass is 9.87. The fraction of sp³-hybridized carbons (Fsp3) is 0.905. The Hall–Kier alpha value is -1.18. The van der Waals surface area contributed by atoms with Crippen molar-refractivity contribution < 1.29 is 33.6 Å². The van der Waals surface area contributed by atoms with E-state index in [2.05, 4.69) is 0 Å². The summed E-state index contributed by atoms with van der Waals surface area (Å²) in [6.45, 7) is 6.38. The van der Waals surface area contributed by atoms with Gasteiger partial charge in [-0.15, -0.1) is 0 Å². The zero-order valence-corrected chi connectivity index (χ0v) is 17.6. The first-order valence-electron chi connectivity index (χ1n) is 10.4. The minimum Gasteiger partial charge on any atom is -0.465 e. The number of aliphatic hydroxyl groups is 1. The van der Waals surface area contributed by atoms with Crippen molar-refractivity contribution in [3.8, 4) is 0 Å². The zero-order valence-electron chi connectivity index (χ0n) is 17.6. The molecule has 6 atom stereocenters. The molecule has 162 valence electrons. The summed E-state index contributed by atoms with van der Waals surface area (Å²) in [7, 11) is 1.57. The van der Waals surface area contributed by atoms with Crippen LogP contribution in [0.3, 0.4) is 0 Å². The van der Waals surface area contributed by atoms with E-state index in [0.717, 1.165) is 19.3 Å². The van der Waals surface area contributed by atoms with E-state index in [1.807, 2.05) is 20.8 Å². The lowest BCUT2D eigenvalue weighted by Gasteiger charge is -2.30. The number of hydrogen-bond acceptors (Lipinski definition) is 7. The largest absolute Gasteiger partial charge is 0.465 e. The van der Waals surface area contributed by atoms with Gasteiger partial charge in [0, 0.05) is 7.11 Å². The maximum Gasteiger partial charge on any atom is 0.309 e. The van der Waals surface area contributed by atoms with Gasteiger partial charge in [-0.3, -0.25) is 9.59 Å². The summed E-state index contributed by atoms with van der Waals surface area (Å²) in [5.74, 6) is -0.982. The summed E-state index contributed by atoms with van der Waals surface area (Å²) in [5, 5.41) is 9.75. The average molecular weight is 401 g/mol. The summed E-state index contributed by atoms with van der Waals surface area (Å²) in [6, 6.07) is 0. The van der Waals surface area contributed by atoms with Gasteiger partial charge >= 0.3 is 11.9 Å².